The summed E-state index contributed by atoms with van der Waals surface area (Å²) in [5.41, 5.74) is 7.65. The molecule has 6 heteroatoms. The number of aromatic nitrogens is 2. The van der Waals surface area contributed by atoms with E-state index in [4.69, 9.17) is 14.7 Å². The molecule has 0 saturated carbocycles. The van der Waals surface area contributed by atoms with E-state index in [1.807, 2.05) is 25.1 Å². The van der Waals surface area contributed by atoms with Gasteiger partial charge in [-0.2, -0.15) is 4.98 Å². The van der Waals surface area contributed by atoms with Gasteiger partial charge in [0.05, 0.1) is 12.0 Å². The minimum absolute atomic E-state index is 0.402. The molecule has 3 rings (SSSR count). The first-order valence-corrected chi connectivity index (χ1v) is 7.06. The average Bonchev–Trinajstić information content (AvgIpc) is 3.08. The summed E-state index contributed by atoms with van der Waals surface area (Å²) < 4.78 is 10.4. The number of anilines is 1. The lowest BCUT2D eigenvalue weighted by atomic mass is 10.2. The largest absolute Gasteiger partial charge is 0.459 e. The van der Waals surface area contributed by atoms with Crippen LogP contribution in [0.25, 0.3) is 11.7 Å². The third-order valence-corrected chi connectivity index (χ3v) is 3.93. The lowest BCUT2D eigenvalue weighted by Gasteiger charge is -2.04. The Bertz CT molecular complexity index is 707. The van der Waals surface area contributed by atoms with Gasteiger partial charge in [0.1, 0.15) is 0 Å². The maximum atomic E-state index is 5.73. The first-order chi connectivity index (χ1) is 9.72. The van der Waals surface area contributed by atoms with Gasteiger partial charge in [-0.1, -0.05) is 5.16 Å². The number of hydrogen-bond donors (Lipinski definition) is 1. The third kappa shape index (κ3) is 2.70. The first kappa shape index (κ1) is 12.8. The standard InChI is InChI=1S/C14H13N3O2S/c1-9-7-10(15)4-5-12(9)20-8-13-16-14(19-17-13)11-3-2-6-18-11/h2-7H,8,15H2,1H3. The van der Waals surface area contributed by atoms with Gasteiger partial charge in [-0.25, -0.2) is 0 Å². The summed E-state index contributed by atoms with van der Waals surface area (Å²) in [6.07, 6.45) is 1.58. The number of hydrogen-bond acceptors (Lipinski definition) is 6. The Labute approximate surface area is 120 Å². The van der Waals surface area contributed by atoms with Gasteiger partial charge in [-0.05, 0) is 42.8 Å². The monoisotopic (exact) mass is 287 g/mol. The van der Waals surface area contributed by atoms with Crippen molar-refractivity contribution in [1.29, 1.82) is 0 Å². The van der Waals surface area contributed by atoms with Gasteiger partial charge >= 0.3 is 0 Å². The fourth-order valence-corrected chi connectivity index (χ4v) is 2.64. The van der Waals surface area contributed by atoms with Gasteiger partial charge in [0, 0.05) is 10.6 Å². The van der Waals surface area contributed by atoms with Crippen molar-refractivity contribution in [3.05, 3.63) is 48.0 Å². The van der Waals surface area contributed by atoms with Gasteiger partial charge in [-0.15, -0.1) is 11.8 Å². The van der Waals surface area contributed by atoms with Crippen LogP contribution < -0.4 is 5.73 Å². The maximum Gasteiger partial charge on any atom is 0.293 e. The van der Waals surface area contributed by atoms with Crippen molar-refractivity contribution in [2.24, 2.45) is 0 Å². The molecule has 0 fully saturated rings. The van der Waals surface area contributed by atoms with Crippen molar-refractivity contribution in [2.45, 2.75) is 17.6 Å². The number of thioether (sulfide) groups is 1. The molecule has 0 amide bonds. The van der Waals surface area contributed by atoms with E-state index in [0.717, 1.165) is 16.1 Å². The number of aryl methyl sites for hydroxylation is 1. The van der Waals surface area contributed by atoms with Crippen molar-refractivity contribution < 1.29 is 8.94 Å². The zero-order valence-corrected chi connectivity index (χ0v) is 11.7. The smallest absolute Gasteiger partial charge is 0.293 e. The number of furan rings is 1. The topological polar surface area (TPSA) is 78.1 Å². The summed E-state index contributed by atoms with van der Waals surface area (Å²) in [6, 6.07) is 9.41. The molecule has 0 aliphatic rings. The molecule has 5 nitrogen and oxygen atoms in total. The van der Waals surface area contributed by atoms with Gasteiger partial charge in [-0.3, -0.25) is 0 Å². The van der Waals surface area contributed by atoms with Gasteiger partial charge in [0.2, 0.25) is 0 Å². The van der Waals surface area contributed by atoms with Gasteiger partial charge in [0.25, 0.3) is 5.89 Å². The van der Waals surface area contributed by atoms with Crippen LogP contribution in [-0.4, -0.2) is 10.1 Å². The minimum Gasteiger partial charge on any atom is -0.459 e. The highest BCUT2D eigenvalue weighted by atomic mass is 32.2. The van der Waals surface area contributed by atoms with Crippen LogP contribution in [0.1, 0.15) is 11.4 Å². The second kappa shape index (κ2) is 5.42. The van der Waals surface area contributed by atoms with E-state index in [9.17, 15) is 0 Å². The van der Waals surface area contributed by atoms with Crippen LogP contribution in [-0.2, 0) is 5.75 Å². The molecule has 0 atom stereocenters. The van der Waals surface area contributed by atoms with Crippen molar-refractivity contribution in [2.75, 3.05) is 5.73 Å². The second-order valence-corrected chi connectivity index (χ2v) is 5.32. The Morgan fingerprint density at radius 3 is 2.95 bits per heavy atom. The van der Waals surface area contributed by atoms with Crippen LogP contribution in [0.2, 0.25) is 0 Å². The Morgan fingerprint density at radius 2 is 2.20 bits per heavy atom. The quantitative estimate of drug-likeness (QED) is 0.584. The lowest BCUT2D eigenvalue weighted by molar-refractivity contribution is 0.411. The van der Waals surface area contributed by atoms with E-state index >= 15 is 0 Å². The molecule has 0 aliphatic heterocycles. The number of benzene rings is 1. The molecule has 0 spiro atoms. The van der Waals surface area contributed by atoms with E-state index in [1.54, 1.807) is 30.2 Å². The van der Waals surface area contributed by atoms with E-state index in [0.29, 0.717) is 23.2 Å². The molecular weight excluding hydrogens is 274 g/mol. The summed E-state index contributed by atoms with van der Waals surface area (Å²) in [5.74, 6) is 2.25. The molecule has 2 aromatic heterocycles. The summed E-state index contributed by atoms with van der Waals surface area (Å²) >= 11 is 1.65. The van der Waals surface area contributed by atoms with E-state index in [1.165, 1.54) is 0 Å². The van der Waals surface area contributed by atoms with Crippen LogP contribution in [0.15, 0.2) is 50.4 Å². The molecule has 20 heavy (non-hydrogen) atoms. The molecule has 0 radical (unpaired) electrons. The fraction of sp³-hybridized carbons (Fsp3) is 0.143. The van der Waals surface area contributed by atoms with Crippen LogP contribution in [0, 0.1) is 6.92 Å². The summed E-state index contributed by atoms with van der Waals surface area (Å²) in [7, 11) is 0. The SMILES string of the molecule is Cc1cc(N)ccc1SCc1noc(-c2ccco2)n1. The molecule has 0 unspecified atom stereocenters. The molecule has 2 N–H and O–H groups in total. The van der Waals surface area contributed by atoms with Crippen molar-refractivity contribution in [3.8, 4) is 11.7 Å². The Hall–Kier alpha value is -2.21. The number of rotatable bonds is 4. The number of nitrogen functional groups attached to an aromatic ring is 1. The molecule has 0 saturated heterocycles. The molecule has 2 heterocycles. The van der Waals surface area contributed by atoms with Crippen molar-refractivity contribution >= 4 is 17.4 Å². The van der Waals surface area contributed by atoms with Gasteiger partial charge < -0.3 is 14.7 Å². The summed E-state index contributed by atoms with van der Waals surface area (Å²) in [5, 5.41) is 3.94. The predicted octanol–water partition coefficient (Wildman–Crippen LogP) is 3.51. The second-order valence-electron chi connectivity index (χ2n) is 4.31. The highest BCUT2D eigenvalue weighted by Gasteiger charge is 2.11. The molecule has 0 bridgehead atoms. The lowest BCUT2D eigenvalue weighted by Crippen LogP contribution is -1.89. The molecule has 0 aliphatic carbocycles. The average molecular weight is 287 g/mol. The predicted molar refractivity (Wildman–Crippen MR) is 77.2 cm³/mol. The van der Waals surface area contributed by atoms with Crippen molar-refractivity contribution in [3.63, 3.8) is 0 Å². The van der Waals surface area contributed by atoms with Crippen LogP contribution in [0.5, 0.6) is 0 Å². The Kier molecular flexibility index (Phi) is 3.47. The van der Waals surface area contributed by atoms with Crippen LogP contribution in [0.4, 0.5) is 5.69 Å². The van der Waals surface area contributed by atoms with E-state index < -0.39 is 0 Å². The molecule has 3 aromatic rings. The normalized spacial score (nSPS) is 10.8. The van der Waals surface area contributed by atoms with E-state index in [-0.39, 0.29) is 0 Å². The minimum atomic E-state index is 0.402. The van der Waals surface area contributed by atoms with Crippen molar-refractivity contribution in [1.82, 2.24) is 10.1 Å². The van der Waals surface area contributed by atoms with E-state index in [2.05, 4.69) is 10.1 Å². The Balaban J connectivity index is 1.70. The third-order valence-electron chi connectivity index (χ3n) is 2.76. The molecule has 1 aromatic carbocycles. The molecule has 102 valence electrons. The summed E-state index contributed by atoms with van der Waals surface area (Å²) in [4.78, 5) is 5.45. The van der Waals surface area contributed by atoms with Crippen LogP contribution >= 0.6 is 11.8 Å². The first-order valence-electron chi connectivity index (χ1n) is 6.08. The molecular formula is C14H13N3O2S. The maximum absolute atomic E-state index is 5.73. The highest BCUT2D eigenvalue weighted by Crippen LogP contribution is 2.27. The Morgan fingerprint density at radius 1 is 1.30 bits per heavy atom. The fourth-order valence-electron chi connectivity index (χ4n) is 1.79. The highest BCUT2D eigenvalue weighted by molar-refractivity contribution is 7.98. The summed E-state index contributed by atoms with van der Waals surface area (Å²) in [6.45, 7) is 2.03. The number of nitrogens with zero attached hydrogens (tertiary/aromatic N) is 2. The zero-order valence-electron chi connectivity index (χ0n) is 10.9. The van der Waals surface area contributed by atoms with Gasteiger partial charge in [0.15, 0.2) is 11.6 Å². The number of nitrogens with two attached hydrogens (primary N) is 1. The zero-order chi connectivity index (χ0) is 13.9. The van der Waals surface area contributed by atoms with Crippen LogP contribution in [0.3, 0.4) is 0 Å².